The van der Waals surface area contributed by atoms with Crippen LogP contribution in [0.1, 0.15) is 24.2 Å². The molecule has 1 aliphatic rings. The number of esters is 3. The Morgan fingerprint density at radius 3 is 2.35 bits per heavy atom. The van der Waals surface area contributed by atoms with Crippen LogP contribution in [0, 0.1) is 0 Å². The predicted molar refractivity (Wildman–Crippen MR) is 84.7 cm³/mol. The number of benzene rings is 1. The van der Waals surface area contributed by atoms with E-state index in [-0.39, 0.29) is 5.56 Å². The highest BCUT2D eigenvalue weighted by atomic mass is 16.7. The van der Waals surface area contributed by atoms with E-state index < -0.39 is 55.2 Å². The molecule has 1 aromatic rings. The lowest BCUT2D eigenvalue weighted by atomic mass is 10.1. The first-order chi connectivity index (χ1) is 12.3. The Morgan fingerprint density at radius 1 is 1.12 bits per heavy atom. The molecule has 1 fully saturated rings. The zero-order valence-electron chi connectivity index (χ0n) is 14.2. The van der Waals surface area contributed by atoms with Crippen molar-refractivity contribution < 1.29 is 43.5 Å². The number of aliphatic hydroxyl groups excluding tert-OH is 2. The third-order valence-corrected chi connectivity index (χ3v) is 3.62. The van der Waals surface area contributed by atoms with Gasteiger partial charge >= 0.3 is 17.9 Å². The Kier molecular flexibility index (Phi) is 6.67. The number of hydrogen-bond donors (Lipinski definition) is 2. The highest BCUT2D eigenvalue weighted by Crippen LogP contribution is 2.27. The van der Waals surface area contributed by atoms with Crippen molar-refractivity contribution in [2.75, 3.05) is 6.61 Å². The van der Waals surface area contributed by atoms with Gasteiger partial charge in [0.05, 0.1) is 5.56 Å². The monoisotopic (exact) mass is 368 g/mol. The van der Waals surface area contributed by atoms with Crippen molar-refractivity contribution in [2.45, 2.75) is 44.6 Å². The molecule has 1 heterocycles. The van der Waals surface area contributed by atoms with E-state index in [1.165, 1.54) is 0 Å². The molecule has 0 spiro atoms. The van der Waals surface area contributed by atoms with Crippen LogP contribution < -0.4 is 0 Å². The quantitative estimate of drug-likeness (QED) is 0.517. The number of hydrogen-bond acceptors (Lipinski definition) is 9. The molecule has 0 radical (unpaired) electrons. The second-order valence-electron chi connectivity index (χ2n) is 5.67. The third-order valence-electron chi connectivity index (χ3n) is 3.62. The Balaban J connectivity index is 2.11. The molecule has 0 aromatic heterocycles. The van der Waals surface area contributed by atoms with Gasteiger partial charge in [-0.1, -0.05) is 18.2 Å². The highest BCUT2D eigenvalue weighted by Gasteiger charge is 2.50. The van der Waals surface area contributed by atoms with E-state index >= 15 is 0 Å². The molecule has 26 heavy (non-hydrogen) atoms. The molecule has 2 N–H and O–H groups in total. The van der Waals surface area contributed by atoms with Gasteiger partial charge in [-0.15, -0.1) is 0 Å². The second-order valence-corrected chi connectivity index (χ2v) is 5.67. The van der Waals surface area contributed by atoms with Gasteiger partial charge in [-0.2, -0.15) is 0 Å². The lowest BCUT2D eigenvalue weighted by Gasteiger charge is -2.26. The summed E-state index contributed by atoms with van der Waals surface area (Å²) in [7, 11) is 0. The number of aliphatic hydroxyl groups is 2. The van der Waals surface area contributed by atoms with Crippen LogP contribution >= 0.6 is 0 Å². The van der Waals surface area contributed by atoms with Crippen molar-refractivity contribution in [3.8, 4) is 0 Å². The van der Waals surface area contributed by atoms with Crippen LogP contribution in [-0.2, 0) is 28.5 Å². The van der Waals surface area contributed by atoms with E-state index in [2.05, 4.69) is 0 Å². The lowest BCUT2D eigenvalue weighted by molar-refractivity contribution is -0.178. The number of carbonyl (C=O) groups excluding carboxylic acids is 3. The maximum absolute atomic E-state index is 12.1. The summed E-state index contributed by atoms with van der Waals surface area (Å²) >= 11 is 0. The van der Waals surface area contributed by atoms with E-state index in [4.69, 9.17) is 18.9 Å². The van der Waals surface area contributed by atoms with Gasteiger partial charge < -0.3 is 29.2 Å². The van der Waals surface area contributed by atoms with E-state index in [0.29, 0.717) is 0 Å². The Morgan fingerprint density at radius 2 is 1.77 bits per heavy atom. The fraction of sp³-hybridized carbons (Fsp3) is 0.471. The molecule has 0 bridgehead atoms. The van der Waals surface area contributed by atoms with Gasteiger partial charge in [-0.25, -0.2) is 4.79 Å². The number of rotatable bonds is 6. The molecule has 1 aromatic carbocycles. The number of ether oxygens (including phenoxy) is 4. The molecule has 0 amide bonds. The maximum Gasteiger partial charge on any atom is 0.338 e. The molecule has 1 saturated heterocycles. The summed E-state index contributed by atoms with van der Waals surface area (Å²) in [5.41, 5.74) is 0.290. The van der Waals surface area contributed by atoms with Gasteiger partial charge in [0.2, 0.25) is 0 Å². The van der Waals surface area contributed by atoms with Gasteiger partial charge in [0.15, 0.2) is 18.5 Å². The summed E-state index contributed by atoms with van der Waals surface area (Å²) in [6, 6.07) is 8.14. The summed E-state index contributed by atoms with van der Waals surface area (Å²) in [6.07, 6.45) is -6.88. The molecule has 9 nitrogen and oxygen atoms in total. The van der Waals surface area contributed by atoms with E-state index in [1.807, 2.05) is 0 Å². The summed E-state index contributed by atoms with van der Waals surface area (Å²) in [5, 5.41) is 19.6. The largest absolute Gasteiger partial charge is 0.458 e. The minimum Gasteiger partial charge on any atom is -0.458 e. The molecule has 1 aliphatic heterocycles. The molecule has 0 aliphatic carbocycles. The smallest absolute Gasteiger partial charge is 0.338 e. The van der Waals surface area contributed by atoms with Crippen molar-refractivity contribution in [1.29, 1.82) is 0 Å². The summed E-state index contributed by atoms with van der Waals surface area (Å²) in [4.78, 5) is 34.6. The van der Waals surface area contributed by atoms with Gasteiger partial charge in [-0.3, -0.25) is 9.59 Å². The SMILES string of the molecule is CC(=O)O[C@@H]1[C@@H](O)[C@@H](O)O[C@@H]1[C@@H](COC(=O)c1ccccc1)OC(C)=O. The Hall–Kier alpha value is -2.49. The second kappa shape index (κ2) is 8.75. The first kappa shape index (κ1) is 19.8. The molecule has 5 atom stereocenters. The standard InChI is InChI=1S/C17H20O9/c1-9(18)24-12(8-23-16(21)11-6-4-3-5-7-11)14-15(25-10(2)19)13(20)17(22)26-14/h3-7,12-15,17,20,22H,8H2,1-2H3/t12-,13-,14-,15-,17+/m1/s1. The van der Waals surface area contributed by atoms with Crippen LogP contribution in [0.5, 0.6) is 0 Å². The molecule has 0 saturated carbocycles. The van der Waals surface area contributed by atoms with Crippen molar-refractivity contribution in [1.82, 2.24) is 0 Å². The average Bonchev–Trinajstić information content (AvgIpc) is 2.86. The van der Waals surface area contributed by atoms with Crippen LogP contribution in [0.3, 0.4) is 0 Å². The zero-order chi connectivity index (χ0) is 19.3. The van der Waals surface area contributed by atoms with Crippen molar-refractivity contribution in [3.63, 3.8) is 0 Å². The minimum absolute atomic E-state index is 0.290. The first-order valence-corrected chi connectivity index (χ1v) is 7.87. The van der Waals surface area contributed by atoms with Crippen molar-refractivity contribution >= 4 is 17.9 Å². The van der Waals surface area contributed by atoms with E-state index in [0.717, 1.165) is 13.8 Å². The summed E-state index contributed by atoms with van der Waals surface area (Å²) < 4.78 is 20.3. The van der Waals surface area contributed by atoms with Gasteiger partial charge in [0.1, 0.15) is 18.8 Å². The van der Waals surface area contributed by atoms with Crippen LogP contribution in [-0.4, -0.2) is 65.4 Å². The fourth-order valence-corrected chi connectivity index (χ4v) is 2.53. The molecule has 2 rings (SSSR count). The van der Waals surface area contributed by atoms with Crippen LogP contribution in [0.25, 0.3) is 0 Å². The third kappa shape index (κ3) is 5.01. The molecular formula is C17H20O9. The molecule has 0 unspecified atom stereocenters. The van der Waals surface area contributed by atoms with Gasteiger partial charge in [0, 0.05) is 13.8 Å². The highest BCUT2D eigenvalue weighted by molar-refractivity contribution is 5.89. The Labute approximate surface area is 149 Å². The summed E-state index contributed by atoms with van der Waals surface area (Å²) in [5.74, 6) is -2.09. The molecule has 9 heteroatoms. The zero-order valence-corrected chi connectivity index (χ0v) is 14.2. The molecular weight excluding hydrogens is 348 g/mol. The van der Waals surface area contributed by atoms with E-state index in [9.17, 15) is 24.6 Å². The average molecular weight is 368 g/mol. The Bertz CT molecular complexity index is 645. The van der Waals surface area contributed by atoms with E-state index in [1.54, 1.807) is 30.3 Å². The normalized spacial score (nSPS) is 26.0. The van der Waals surface area contributed by atoms with Gasteiger partial charge in [-0.05, 0) is 12.1 Å². The summed E-state index contributed by atoms with van der Waals surface area (Å²) in [6.45, 7) is 1.83. The number of carbonyl (C=O) groups is 3. The van der Waals surface area contributed by atoms with Crippen molar-refractivity contribution in [2.24, 2.45) is 0 Å². The first-order valence-electron chi connectivity index (χ1n) is 7.87. The topological polar surface area (TPSA) is 129 Å². The van der Waals surface area contributed by atoms with Crippen molar-refractivity contribution in [3.05, 3.63) is 35.9 Å². The maximum atomic E-state index is 12.1. The van der Waals surface area contributed by atoms with Crippen LogP contribution in [0.15, 0.2) is 30.3 Å². The van der Waals surface area contributed by atoms with Gasteiger partial charge in [0.25, 0.3) is 0 Å². The minimum atomic E-state index is -1.65. The van der Waals surface area contributed by atoms with Crippen LogP contribution in [0.2, 0.25) is 0 Å². The fourth-order valence-electron chi connectivity index (χ4n) is 2.53. The molecule has 142 valence electrons. The van der Waals surface area contributed by atoms with Crippen LogP contribution in [0.4, 0.5) is 0 Å². The lowest BCUT2D eigenvalue weighted by Crippen LogP contribution is -2.45. The predicted octanol–water partition coefficient (Wildman–Crippen LogP) is -0.215.